The number of carbonyl (C=O) groups excluding carboxylic acids is 1. The number of phenolic OH excluding ortho intramolecular Hbond substituents is 1. The van der Waals surface area contributed by atoms with Crippen molar-refractivity contribution >= 4 is 16.9 Å². The molecule has 0 bridgehead atoms. The molecule has 2 aromatic rings. The number of hydrogen-bond acceptors (Lipinski definition) is 5. The number of likely N-dealkylation sites (N-methyl/N-ethyl adjacent to an activating group) is 1. The minimum atomic E-state index is -0.274. The summed E-state index contributed by atoms with van der Waals surface area (Å²) in [6.45, 7) is 4.80. The van der Waals surface area contributed by atoms with Crippen LogP contribution >= 0.6 is 0 Å². The highest BCUT2D eigenvalue weighted by Crippen LogP contribution is 2.26. The summed E-state index contributed by atoms with van der Waals surface area (Å²) in [7, 11) is 3.21. The molecule has 0 unspecified atom stereocenters. The van der Waals surface area contributed by atoms with Crippen molar-refractivity contribution in [2.45, 2.75) is 20.4 Å². The fourth-order valence-corrected chi connectivity index (χ4v) is 1.99. The lowest BCUT2D eigenvalue weighted by atomic mass is 10.1. The van der Waals surface area contributed by atoms with E-state index in [0.717, 1.165) is 10.9 Å². The van der Waals surface area contributed by atoms with Gasteiger partial charge in [0.1, 0.15) is 11.3 Å². The first kappa shape index (κ1) is 16.9. The Hall–Kier alpha value is -2.14. The second-order valence-corrected chi connectivity index (χ2v) is 4.39. The van der Waals surface area contributed by atoms with Gasteiger partial charge in [0.05, 0.1) is 13.7 Å². The molecule has 1 aromatic heterocycles. The van der Waals surface area contributed by atoms with Crippen molar-refractivity contribution in [2.75, 3.05) is 20.7 Å². The smallest absolute Gasteiger partial charge is 0.319 e. The average Bonchev–Trinajstić information content (AvgIpc) is 2.52. The lowest BCUT2D eigenvalue weighted by Gasteiger charge is -2.16. The van der Waals surface area contributed by atoms with Crippen molar-refractivity contribution in [3.8, 4) is 5.75 Å². The normalized spacial score (nSPS) is 10.1. The maximum Gasteiger partial charge on any atom is 0.319 e. The highest BCUT2D eigenvalue weighted by molar-refractivity contribution is 5.87. The molecule has 0 aliphatic heterocycles. The maximum absolute atomic E-state index is 11.2. The molecule has 5 nitrogen and oxygen atoms in total. The fourth-order valence-electron chi connectivity index (χ4n) is 1.99. The second-order valence-electron chi connectivity index (χ2n) is 4.39. The maximum atomic E-state index is 11.2. The van der Waals surface area contributed by atoms with Gasteiger partial charge < -0.3 is 9.84 Å². The minimum Gasteiger partial charge on any atom is -0.506 e. The zero-order valence-electron chi connectivity index (χ0n) is 13.0. The molecule has 0 aliphatic carbocycles. The van der Waals surface area contributed by atoms with Crippen LogP contribution in [0.15, 0.2) is 30.5 Å². The Labute approximate surface area is 125 Å². The molecule has 0 fully saturated rings. The van der Waals surface area contributed by atoms with Crippen LogP contribution in [-0.2, 0) is 16.1 Å². The Morgan fingerprint density at radius 3 is 2.71 bits per heavy atom. The number of rotatable bonds is 4. The van der Waals surface area contributed by atoms with Crippen LogP contribution in [-0.4, -0.2) is 41.7 Å². The highest BCUT2D eigenvalue weighted by Gasteiger charge is 2.10. The second kappa shape index (κ2) is 8.21. The number of aromatic nitrogens is 1. The predicted octanol–water partition coefficient (Wildman–Crippen LogP) is 2.57. The van der Waals surface area contributed by atoms with Crippen LogP contribution in [0.4, 0.5) is 0 Å². The summed E-state index contributed by atoms with van der Waals surface area (Å²) >= 11 is 0. The van der Waals surface area contributed by atoms with E-state index in [9.17, 15) is 9.90 Å². The van der Waals surface area contributed by atoms with Crippen molar-refractivity contribution in [1.82, 2.24) is 9.88 Å². The standard InChI is InChI=1S/C14H16N2O3.C2H6/c1-16(9-13(18)19-2)8-10-5-6-12(17)14-11(10)4-3-7-15-14;1-2/h3-7,17H,8-9H2,1-2H3;1-2H3. The predicted molar refractivity (Wildman–Crippen MR) is 83.1 cm³/mol. The summed E-state index contributed by atoms with van der Waals surface area (Å²) in [5.74, 6) is -0.112. The zero-order chi connectivity index (χ0) is 15.8. The Morgan fingerprint density at radius 1 is 1.33 bits per heavy atom. The molecule has 0 radical (unpaired) electrons. The number of phenols is 1. The fraction of sp³-hybridized carbons (Fsp3) is 0.375. The molecular weight excluding hydrogens is 268 g/mol. The van der Waals surface area contributed by atoms with Crippen LogP contribution in [0.3, 0.4) is 0 Å². The molecule has 0 saturated carbocycles. The van der Waals surface area contributed by atoms with Crippen molar-refractivity contribution in [3.05, 3.63) is 36.0 Å². The first-order valence-corrected chi connectivity index (χ1v) is 6.92. The number of methoxy groups -OCH3 is 1. The molecule has 0 saturated heterocycles. The van der Waals surface area contributed by atoms with Crippen LogP contribution < -0.4 is 0 Å². The third-order valence-corrected chi connectivity index (χ3v) is 2.91. The Kier molecular flexibility index (Phi) is 6.62. The van der Waals surface area contributed by atoms with E-state index in [1.807, 2.05) is 44.0 Å². The van der Waals surface area contributed by atoms with Crippen molar-refractivity contribution in [2.24, 2.45) is 0 Å². The largest absolute Gasteiger partial charge is 0.506 e. The van der Waals surface area contributed by atoms with Crippen LogP contribution in [0.5, 0.6) is 5.75 Å². The van der Waals surface area contributed by atoms with E-state index in [2.05, 4.69) is 9.72 Å². The van der Waals surface area contributed by atoms with Gasteiger partial charge in [-0.1, -0.05) is 26.0 Å². The van der Waals surface area contributed by atoms with Gasteiger partial charge in [0, 0.05) is 18.1 Å². The number of benzene rings is 1. The van der Waals surface area contributed by atoms with Gasteiger partial charge in [-0.25, -0.2) is 0 Å². The molecule has 5 heteroatoms. The van der Waals surface area contributed by atoms with E-state index in [1.54, 1.807) is 12.3 Å². The average molecular weight is 290 g/mol. The number of ether oxygens (including phenoxy) is 1. The molecule has 1 N–H and O–H groups in total. The van der Waals surface area contributed by atoms with E-state index in [1.165, 1.54) is 7.11 Å². The lowest BCUT2D eigenvalue weighted by Crippen LogP contribution is -2.26. The molecule has 21 heavy (non-hydrogen) atoms. The van der Waals surface area contributed by atoms with Gasteiger partial charge in [0.15, 0.2) is 0 Å². The van der Waals surface area contributed by atoms with Gasteiger partial charge in [-0.3, -0.25) is 14.7 Å². The molecule has 2 rings (SSSR count). The van der Waals surface area contributed by atoms with Crippen LogP contribution in [0, 0.1) is 0 Å². The highest BCUT2D eigenvalue weighted by atomic mass is 16.5. The molecule has 0 spiro atoms. The van der Waals surface area contributed by atoms with Crippen molar-refractivity contribution in [1.29, 1.82) is 0 Å². The zero-order valence-corrected chi connectivity index (χ0v) is 13.0. The topological polar surface area (TPSA) is 62.7 Å². The van der Waals surface area contributed by atoms with Crippen molar-refractivity contribution in [3.63, 3.8) is 0 Å². The molecule has 0 atom stereocenters. The Balaban J connectivity index is 0.00000106. The molecular formula is C16H22N2O3. The Morgan fingerprint density at radius 2 is 2.05 bits per heavy atom. The lowest BCUT2D eigenvalue weighted by molar-refractivity contribution is -0.141. The molecule has 114 valence electrons. The summed E-state index contributed by atoms with van der Waals surface area (Å²) in [4.78, 5) is 17.2. The first-order valence-electron chi connectivity index (χ1n) is 6.92. The van der Waals surface area contributed by atoms with Gasteiger partial charge in [0.25, 0.3) is 0 Å². The van der Waals surface area contributed by atoms with Gasteiger partial charge in [-0.05, 0) is 24.7 Å². The van der Waals surface area contributed by atoms with Crippen LogP contribution in [0.25, 0.3) is 10.9 Å². The van der Waals surface area contributed by atoms with E-state index in [-0.39, 0.29) is 18.3 Å². The van der Waals surface area contributed by atoms with E-state index in [4.69, 9.17) is 0 Å². The minimum absolute atomic E-state index is 0.162. The van der Waals surface area contributed by atoms with E-state index < -0.39 is 0 Å². The molecule has 0 aliphatic rings. The van der Waals surface area contributed by atoms with Gasteiger partial charge in [0.2, 0.25) is 0 Å². The SMILES string of the molecule is CC.COC(=O)CN(C)Cc1ccc(O)c2ncccc12. The summed E-state index contributed by atoms with van der Waals surface area (Å²) in [5.41, 5.74) is 1.58. The third-order valence-electron chi connectivity index (χ3n) is 2.91. The monoisotopic (exact) mass is 290 g/mol. The summed E-state index contributed by atoms with van der Waals surface area (Å²) in [5, 5.41) is 10.7. The van der Waals surface area contributed by atoms with E-state index in [0.29, 0.717) is 12.1 Å². The van der Waals surface area contributed by atoms with Gasteiger partial charge in [-0.15, -0.1) is 0 Å². The quantitative estimate of drug-likeness (QED) is 0.877. The number of carbonyl (C=O) groups is 1. The van der Waals surface area contributed by atoms with Crippen LogP contribution in [0.2, 0.25) is 0 Å². The number of esters is 1. The van der Waals surface area contributed by atoms with Crippen molar-refractivity contribution < 1.29 is 14.6 Å². The summed E-state index contributed by atoms with van der Waals surface area (Å²) in [6, 6.07) is 7.19. The molecule has 1 aromatic carbocycles. The first-order chi connectivity index (χ1) is 10.1. The van der Waals surface area contributed by atoms with Gasteiger partial charge >= 0.3 is 5.97 Å². The Bertz CT molecular complexity index is 599. The third kappa shape index (κ3) is 4.43. The van der Waals surface area contributed by atoms with E-state index >= 15 is 0 Å². The molecule has 1 heterocycles. The molecule has 0 amide bonds. The number of nitrogens with zero attached hydrogens (tertiary/aromatic N) is 2. The summed E-state index contributed by atoms with van der Waals surface area (Å²) < 4.78 is 4.63. The summed E-state index contributed by atoms with van der Waals surface area (Å²) in [6.07, 6.45) is 1.64. The number of hydrogen-bond donors (Lipinski definition) is 1. The van der Waals surface area contributed by atoms with Gasteiger partial charge in [-0.2, -0.15) is 0 Å². The number of aromatic hydroxyl groups is 1. The number of fused-ring (bicyclic) bond motifs is 1. The van der Waals surface area contributed by atoms with Crippen LogP contribution in [0.1, 0.15) is 19.4 Å². The number of pyridine rings is 1.